The highest BCUT2D eigenvalue weighted by molar-refractivity contribution is 5.79. The summed E-state index contributed by atoms with van der Waals surface area (Å²) in [4.78, 5) is 8.06. The first-order valence-corrected chi connectivity index (χ1v) is 6.85. The van der Waals surface area contributed by atoms with Crippen molar-refractivity contribution in [3.05, 3.63) is 66.0 Å². The van der Waals surface area contributed by atoms with Gasteiger partial charge in [0.25, 0.3) is 0 Å². The summed E-state index contributed by atoms with van der Waals surface area (Å²) < 4.78 is 0. The Bertz CT molecular complexity index is 827. The predicted molar refractivity (Wildman–Crippen MR) is 84.4 cm³/mol. The Morgan fingerprint density at radius 3 is 2.67 bits per heavy atom. The van der Waals surface area contributed by atoms with Gasteiger partial charge in [-0.1, -0.05) is 30.3 Å². The minimum Gasteiger partial charge on any atom is -0.384 e. The van der Waals surface area contributed by atoms with Crippen LogP contribution in [-0.4, -0.2) is 9.97 Å². The van der Waals surface area contributed by atoms with Crippen LogP contribution in [0.4, 0.5) is 17.3 Å². The van der Waals surface area contributed by atoms with E-state index in [2.05, 4.69) is 57.7 Å². The van der Waals surface area contributed by atoms with E-state index < -0.39 is 0 Å². The van der Waals surface area contributed by atoms with Crippen LogP contribution in [0.1, 0.15) is 11.1 Å². The van der Waals surface area contributed by atoms with E-state index in [-0.39, 0.29) is 0 Å². The third kappa shape index (κ3) is 2.10. The molecule has 4 rings (SSSR count). The van der Waals surface area contributed by atoms with Gasteiger partial charge < -0.3 is 11.1 Å². The van der Waals surface area contributed by atoms with E-state index in [0.29, 0.717) is 11.6 Å². The first-order valence-electron chi connectivity index (χ1n) is 6.85. The SMILES string of the molecule is Nc1cc(Nc2ccc3c(c2)Cc2ccccc2-3)ncn1. The summed E-state index contributed by atoms with van der Waals surface area (Å²) in [6.07, 6.45) is 2.44. The van der Waals surface area contributed by atoms with Crippen molar-refractivity contribution in [2.45, 2.75) is 6.42 Å². The number of fused-ring (bicyclic) bond motifs is 3. The van der Waals surface area contributed by atoms with Gasteiger partial charge in [0.1, 0.15) is 18.0 Å². The van der Waals surface area contributed by atoms with E-state index in [1.807, 2.05) is 0 Å². The number of benzene rings is 2. The topological polar surface area (TPSA) is 63.8 Å². The average molecular weight is 274 g/mol. The van der Waals surface area contributed by atoms with Gasteiger partial charge in [0.15, 0.2) is 0 Å². The molecule has 0 spiro atoms. The van der Waals surface area contributed by atoms with E-state index in [4.69, 9.17) is 5.73 Å². The highest BCUT2D eigenvalue weighted by Crippen LogP contribution is 2.37. The summed E-state index contributed by atoms with van der Waals surface area (Å²) in [5.41, 5.74) is 12.1. The summed E-state index contributed by atoms with van der Waals surface area (Å²) >= 11 is 0. The van der Waals surface area contributed by atoms with Crippen molar-refractivity contribution in [2.75, 3.05) is 11.1 Å². The lowest BCUT2D eigenvalue weighted by Crippen LogP contribution is -1.97. The standard InChI is InChI=1S/C17H14N4/c18-16-9-17(20-10-19-16)21-13-5-6-15-12(8-13)7-11-3-1-2-4-14(11)15/h1-6,8-10H,7H2,(H3,18,19,20,21). The smallest absolute Gasteiger partial charge is 0.135 e. The van der Waals surface area contributed by atoms with Gasteiger partial charge in [-0.2, -0.15) is 0 Å². The zero-order chi connectivity index (χ0) is 14.2. The fourth-order valence-electron chi connectivity index (χ4n) is 2.81. The van der Waals surface area contributed by atoms with Crippen molar-refractivity contribution in [1.82, 2.24) is 9.97 Å². The molecule has 4 heteroatoms. The molecule has 0 fully saturated rings. The fraction of sp³-hybridized carbons (Fsp3) is 0.0588. The first-order chi connectivity index (χ1) is 10.3. The molecular formula is C17H14N4. The lowest BCUT2D eigenvalue weighted by Gasteiger charge is -2.08. The largest absolute Gasteiger partial charge is 0.384 e. The monoisotopic (exact) mass is 274 g/mol. The molecule has 0 saturated heterocycles. The number of nitrogens with two attached hydrogens (primary N) is 1. The zero-order valence-electron chi connectivity index (χ0n) is 11.4. The number of anilines is 3. The second kappa shape index (κ2) is 4.59. The van der Waals surface area contributed by atoms with Crippen molar-refractivity contribution in [3.63, 3.8) is 0 Å². The molecule has 0 saturated carbocycles. The Labute approximate surface area is 122 Å². The highest BCUT2D eigenvalue weighted by Gasteiger charge is 2.17. The summed E-state index contributed by atoms with van der Waals surface area (Å²) in [6, 6.07) is 16.7. The predicted octanol–water partition coefficient (Wildman–Crippen LogP) is 3.37. The van der Waals surface area contributed by atoms with Crippen LogP contribution in [0, 0.1) is 0 Å². The second-order valence-corrected chi connectivity index (χ2v) is 5.16. The molecule has 102 valence electrons. The Morgan fingerprint density at radius 1 is 0.905 bits per heavy atom. The van der Waals surface area contributed by atoms with Crippen LogP contribution >= 0.6 is 0 Å². The number of nitrogens with zero attached hydrogens (tertiary/aromatic N) is 2. The van der Waals surface area contributed by atoms with E-state index in [0.717, 1.165) is 12.1 Å². The molecule has 0 aliphatic heterocycles. The molecule has 1 heterocycles. The van der Waals surface area contributed by atoms with Crippen molar-refractivity contribution in [1.29, 1.82) is 0 Å². The fourth-order valence-corrected chi connectivity index (χ4v) is 2.81. The molecule has 2 aromatic carbocycles. The van der Waals surface area contributed by atoms with Crippen LogP contribution in [0.2, 0.25) is 0 Å². The highest BCUT2D eigenvalue weighted by atomic mass is 15.0. The average Bonchev–Trinajstić information content (AvgIpc) is 2.85. The molecule has 0 amide bonds. The molecule has 0 radical (unpaired) electrons. The Balaban J connectivity index is 1.67. The third-order valence-electron chi connectivity index (χ3n) is 3.75. The maximum Gasteiger partial charge on any atom is 0.135 e. The molecular weight excluding hydrogens is 260 g/mol. The van der Waals surface area contributed by atoms with Crippen molar-refractivity contribution < 1.29 is 0 Å². The van der Waals surface area contributed by atoms with Crippen LogP contribution in [0.25, 0.3) is 11.1 Å². The molecule has 1 aromatic heterocycles. The summed E-state index contributed by atoms with van der Waals surface area (Å²) in [5.74, 6) is 1.17. The number of nitrogens with one attached hydrogen (secondary N) is 1. The van der Waals surface area contributed by atoms with Gasteiger partial charge in [-0.15, -0.1) is 0 Å². The molecule has 4 nitrogen and oxygen atoms in total. The van der Waals surface area contributed by atoms with Crippen LogP contribution in [0.3, 0.4) is 0 Å². The van der Waals surface area contributed by atoms with Crippen molar-refractivity contribution in [2.24, 2.45) is 0 Å². The minimum atomic E-state index is 0.459. The van der Waals surface area contributed by atoms with Crippen LogP contribution < -0.4 is 11.1 Å². The molecule has 21 heavy (non-hydrogen) atoms. The van der Waals surface area contributed by atoms with Gasteiger partial charge >= 0.3 is 0 Å². The molecule has 0 atom stereocenters. The number of aromatic nitrogens is 2. The molecule has 0 bridgehead atoms. The van der Waals surface area contributed by atoms with Crippen molar-refractivity contribution in [3.8, 4) is 11.1 Å². The molecule has 3 N–H and O–H groups in total. The number of nitrogen functional groups attached to an aromatic ring is 1. The van der Waals surface area contributed by atoms with Crippen LogP contribution in [0.5, 0.6) is 0 Å². The van der Waals surface area contributed by atoms with Gasteiger partial charge in [-0.05, 0) is 40.8 Å². The Morgan fingerprint density at radius 2 is 1.76 bits per heavy atom. The molecule has 1 aliphatic carbocycles. The lowest BCUT2D eigenvalue weighted by molar-refractivity contribution is 1.17. The van der Waals surface area contributed by atoms with Crippen molar-refractivity contribution >= 4 is 17.3 Å². The number of hydrogen-bond acceptors (Lipinski definition) is 4. The molecule has 1 aliphatic rings. The molecule has 0 unspecified atom stereocenters. The van der Waals surface area contributed by atoms with E-state index >= 15 is 0 Å². The van der Waals surface area contributed by atoms with Crippen LogP contribution in [0.15, 0.2) is 54.9 Å². The van der Waals surface area contributed by atoms with Gasteiger partial charge in [-0.25, -0.2) is 9.97 Å². The lowest BCUT2D eigenvalue weighted by atomic mass is 10.1. The van der Waals surface area contributed by atoms with Crippen LogP contribution in [-0.2, 0) is 6.42 Å². The normalized spacial score (nSPS) is 11.8. The maximum atomic E-state index is 5.67. The Hall–Kier alpha value is -2.88. The molecule has 3 aromatic rings. The van der Waals surface area contributed by atoms with Gasteiger partial charge in [0, 0.05) is 11.8 Å². The quantitative estimate of drug-likeness (QED) is 0.588. The number of rotatable bonds is 2. The first kappa shape index (κ1) is 11.9. The van der Waals surface area contributed by atoms with E-state index in [1.165, 1.54) is 28.6 Å². The van der Waals surface area contributed by atoms with Gasteiger partial charge in [0.2, 0.25) is 0 Å². The maximum absolute atomic E-state index is 5.67. The zero-order valence-corrected chi connectivity index (χ0v) is 11.4. The minimum absolute atomic E-state index is 0.459. The second-order valence-electron chi connectivity index (χ2n) is 5.16. The Kier molecular flexibility index (Phi) is 2.60. The summed E-state index contributed by atoms with van der Waals surface area (Å²) in [6.45, 7) is 0. The summed E-state index contributed by atoms with van der Waals surface area (Å²) in [7, 11) is 0. The van der Waals surface area contributed by atoms with Gasteiger partial charge in [0.05, 0.1) is 0 Å². The third-order valence-corrected chi connectivity index (χ3v) is 3.75. The summed E-state index contributed by atoms with van der Waals surface area (Å²) in [5, 5.41) is 3.27. The van der Waals surface area contributed by atoms with Gasteiger partial charge in [-0.3, -0.25) is 0 Å². The van der Waals surface area contributed by atoms with E-state index in [1.54, 1.807) is 6.07 Å². The van der Waals surface area contributed by atoms with E-state index in [9.17, 15) is 0 Å². The number of hydrogen-bond donors (Lipinski definition) is 2.